The first kappa shape index (κ1) is 25.4. The Morgan fingerprint density at radius 3 is 2.54 bits per heavy atom. The maximum atomic E-state index is 13.5. The summed E-state index contributed by atoms with van der Waals surface area (Å²) in [6, 6.07) is 29.5. The minimum Gasteiger partial charge on any atom is -0.488 e. The molecule has 0 spiro atoms. The van der Waals surface area contributed by atoms with Crippen molar-refractivity contribution in [2.24, 2.45) is 4.99 Å². The molecule has 0 saturated heterocycles. The molecule has 5 aromatic rings. The van der Waals surface area contributed by atoms with Crippen molar-refractivity contribution in [2.45, 2.75) is 32.3 Å². The zero-order valence-electron chi connectivity index (χ0n) is 21.3. The zero-order valence-corrected chi connectivity index (χ0v) is 22.9. The van der Waals surface area contributed by atoms with Gasteiger partial charge < -0.3 is 10.1 Å². The number of aryl methyl sites for hydroxylation is 1. The van der Waals surface area contributed by atoms with Crippen LogP contribution in [0.3, 0.4) is 0 Å². The average molecular weight is 551 g/mol. The largest absolute Gasteiger partial charge is 0.488 e. The van der Waals surface area contributed by atoms with Crippen LogP contribution in [0.1, 0.15) is 44.8 Å². The maximum absolute atomic E-state index is 13.5. The monoisotopic (exact) mass is 550 g/mol. The number of fused-ring (bicyclic) bond motifs is 2. The van der Waals surface area contributed by atoms with E-state index in [4.69, 9.17) is 21.3 Å². The molecule has 1 N–H and O–H groups in total. The van der Waals surface area contributed by atoms with E-state index in [1.54, 1.807) is 11.3 Å². The van der Waals surface area contributed by atoms with Crippen LogP contribution < -0.4 is 10.1 Å². The number of carbonyl (C=O) groups excluding carboxylic acids is 1. The number of benzene rings is 4. The minimum absolute atomic E-state index is 0.107. The van der Waals surface area contributed by atoms with Crippen LogP contribution in [-0.4, -0.2) is 12.1 Å². The lowest BCUT2D eigenvalue weighted by atomic mass is 9.95. The highest BCUT2D eigenvalue weighted by atomic mass is 35.5. The number of anilines is 1. The molecule has 4 nitrogen and oxygen atoms in total. The highest BCUT2D eigenvalue weighted by molar-refractivity contribution is 7.16. The van der Waals surface area contributed by atoms with Gasteiger partial charge in [-0.05, 0) is 77.9 Å². The third-order valence-corrected chi connectivity index (χ3v) is 8.41. The van der Waals surface area contributed by atoms with Gasteiger partial charge in [0.25, 0.3) is 5.91 Å². The van der Waals surface area contributed by atoms with Crippen LogP contribution in [0.25, 0.3) is 10.8 Å². The standard InChI is InChI=1S/C33H27ClN2O2S/c34-24-17-14-22(15-18-24)21-38-29-19-16-23-8-4-5-11-26(23)28(29)20-35-33-31(27-12-6-7-13-30(27)39-33)32(37)36-25-9-2-1-3-10-25/h1-5,8-11,14-20H,6-7,12-13,21H2,(H,36,37). The number of hydrogen-bond donors (Lipinski definition) is 1. The Hall–Kier alpha value is -3.93. The molecule has 194 valence electrons. The average Bonchev–Trinajstić information content (AvgIpc) is 3.35. The Labute approximate surface area is 236 Å². The Morgan fingerprint density at radius 2 is 1.69 bits per heavy atom. The molecule has 1 aromatic heterocycles. The van der Waals surface area contributed by atoms with Gasteiger partial charge in [0, 0.05) is 27.4 Å². The Balaban J connectivity index is 1.37. The number of halogens is 1. The number of ether oxygens (including phenoxy) is 1. The summed E-state index contributed by atoms with van der Waals surface area (Å²) in [4.78, 5) is 19.8. The molecule has 0 unspecified atom stereocenters. The van der Waals surface area contributed by atoms with E-state index < -0.39 is 0 Å². The van der Waals surface area contributed by atoms with Gasteiger partial charge in [0.15, 0.2) is 0 Å². The van der Waals surface area contributed by atoms with Crippen LogP contribution >= 0.6 is 22.9 Å². The van der Waals surface area contributed by atoms with E-state index in [-0.39, 0.29) is 5.91 Å². The number of carbonyl (C=O) groups is 1. The second kappa shape index (κ2) is 11.4. The first-order chi connectivity index (χ1) is 19.2. The summed E-state index contributed by atoms with van der Waals surface area (Å²) < 4.78 is 6.29. The normalized spacial score (nSPS) is 12.9. The van der Waals surface area contributed by atoms with Gasteiger partial charge in [0.2, 0.25) is 0 Å². The molecule has 0 atom stereocenters. The number of aliphatic imine (C=N–C) groups is 1. The number of thiophene rings is 1. The lowest BCUT2D eigenvalue weighted by Gasteiger charge is -2.13. The Kier molecular flexibility index (Phi) is 7.44. The van der Waals surface area contributed by atoms with Crippen molar-refractivity contribution >= 4 is 56.5 Å². The van der Waals surface area contributed by atoms with Gasteiger partial charge in [0.05, 0.1) is 5.56 Å². The molecule has 6 heteroatoms. The summed E-state index contributed by atoms with van der Waals surface area (Å²) in [5, 5.41) is 6.67. The highest BCUT2D eigenvalue weighted by Gasteiger charge is 2.25. The molecule has 0 bridgehead atoms. The molecular weight excluding hydrogens is 524 g/mol. The predicted octanol–water partition coefficient (Wildman–Crippen LogP) is 9.02. The molecule has 0 radical (unpaired) electrons. The van der Waals surface area contributed by atoms with Crippen LogP contribution in [0.15, 0.2) is 96.0 Å². The van der Waals surface area contributed by atoms with Crippen molar-refractivity contribution in [3.05, 3.63) is 123 Å². The summed E-state index contributed by atoms with van der Waals surface area (Å²) in [7, 11) is 0. The van der Waals surface area contributed by atoms with Crippen LogP contribution in [-0.2, 0) is 19.4 Å². The second-order valence-corrected chi connectivity index (χ2v) is 11.1. The quantitative estimate of drug-likeness (QED) is 0.205. The van der Waals surface area contributed by atoms with Crippen LogP contribution in [0, 0.1) is 0 Å². The number of nitrogens with zero attached hydrogens (tertiary/aromatic N) is 1. The van der Waals surface area contributed by atoms with Crippen molar-refractivity contribution in [3.8, 4) is 5.75 Å². The number of rotatable bonds is 7. The van der Waals surface area contributed by atoms with Crippen molar-refractivity contribution in [2.75, 3.05) is 5.32 Å². The third-order valence-electron chi connectivity index (χ3n) is 6.96. The second-order valence-electron chi connectivity index (χ2n) is 9.58. The molecule has 0 aliphatic heterocycles. The van der Waals surface area contributed by atoms with Gasteiger partial charge in [0.1, 0.15) is 17.4 Å². The maximum Gasteiger partial charge on any atom is 0.259 e. The fourth-order valence-corrected chi connectivity index (χ4v) is 6.35. The van der Waals surface area contributed by atoms with Crippen molar-refractivity contribution in [3.63, 3.8) is 0 Å². The summed E-state index contributed by atoms with van der Waals surface area (Å²) in [5.41, 5.74) is 4.53. The van der Waals surface area contributed by atoms with E-state index in [9.17, 15) is 4.79 Å². The van der Waals surface area contributed by atoms with Crippen molar-refractivity contribution in [1.29, 1.82) is 0 Å². The summed E-state index contributed by atoms with van der Waals surface area (Å²) >= 11 is 7.68. The molecule has 1 heterocycles. The fraction of sp³-hybridized carbons (Fsp3) is 0.152. The highest BCUT2D eigenvalue weighted by Crippen LogP contribution is 2.40. The van der Waals surface area contributed by atoms with E-state index in [0.717, 1.165) is 69.6 Å². The van der Waals surface area contributed by atoms with E-state index in [1.807, 2.05) is 79.0 Å². The molecule has 1 aliphatic carbocycles. The molecule has 6 rings (SSSR count). The van der Waals surface area contributed by atoms with E-state index in [2.05, 4.69) is 23.5 Å². The lowest BCUT2D eigenvalue weighted by molar-refractivity contribution is 0.102. The fourth-order valence-electron chi connectivity index (χ4n) is 4.99. The van der Waals surface area contributed by atoms with Gasteiger partial charge in [-0.3, -0.25) is 4.79 Å². The summed E-state index contributed by atoms with van der Waals surface area (Å²) in [6.45, 7) is 0.411. The smallest absolute Gasteiger partial charge is 0.259 e. The van der Waals surface area contributed by atoms with E-state index in [0.29, 0.717) is 17.2 Å². The number of para-hydroxylation sites is 1. The Morgan fingerprint density at radius 1 is 0.923 bits per heavy atom. The number of nitrogens with one attached hydrogen (secondary N) is 1. The molecule has 39 heavy (non-hydrogen) atoms. The molecule has 0 fully saturated rings. The molecular formula is C33H27ClN2O2S. The Bertz CT molecular complexity index is 1660. The zero-order chi connectivity index (χ0) is 26.6. The SMILES string of the molecule is O=C(Nc1ccccc1)c1c(N=Cc2c(OCc3ccc(Cl)cc3)ccc3ccccc23)sc2c1CCCC2. The molecule has 1 aliphatic rings. The number of amides is 1. The van der Waals surface area contributed by atoms with E-state index in [1.165, 1.54) is 4.88 Å². The minimum atomic E-state index is -0.107. The van der Waals surface area contributed by atoms with E-state index >= 15 is 0 Å². The van der Waals surface area contributed by atoms with Gasteiger partial charge in [-0.25, -0.2) is 4.99 Å². The topological polar surface area (TPSA) is 50.7 Å². The third kappa shape index (κ3) is 5.60. The van der Waals surface area contributed by atoms with Crippen LogP contribution in [0.2, 0.25) is 5.02 Å². The molecule has 0 saturated carbocycles. The lowest BCUT2D eigenvalue weighted by Crippen LogP contribution is -2.14. The van der Waals surface area contributed by atoms with Crippen LogP contribution in [0.5, 0.6) is 5.75 Å². The van der Waals surface area contributed by atoms with Crippen molar-refractivity contribution in [1.82, 2.24) is 0 Å². The predicted molar refractivity (Wildman–Crippen MR) is 162 cm³/mol. The summed E-state index contributed by atoms with van der Waals surface area (Å²) in [5.74, 6) is 0.633. The molecule has 1 amide bonds. The van der Waals surface area contributed by atoms with Gasteiger partial charge in [-0.15, -0.1) is 11.3 Å². The first-order valence-corrected chi connectivity index (χ1v) is 14.3. The molecule has 4 aromatic carbocycles. The van der Waals surface area contributed by atoms with Gasteiger partial charge >= 0.3 is 0 Å². The van der Waals surface area contributed by atoms with Gasteiger partial charge in [-0.2, -0.15) is 0 Å². The summed E-state index contributed by atoms with van der Waals surface area (Å²) in [6.07, 6.45) is 5.98. The number of hydrogen-bond acceptors (Lipinski definition) is 4. The van der Waals surface area contributed by atoms with Crippen LogP contribution in [0.4, 0.5) is 10.7 Å². The van der Waals surface area contributed by atoms with Crippen molar-refractivity contribution < 1.29 is 9.53 Å². The van der Waals surface area contributed by atoms with Gasteiger partial charge in [-0.1, -0.05) is 72.3 Å². The first-order valence-electron chi connectivity index (χ1n) is 13.1.